The largest absolute Gasteiger partial charge is 0.481 e. The molecule has 0 aliphatic carbocycles. The number of H-pyrrole nitrogens is 1. The van der Waals surface area contributed by atoms with Crippen LogP contribution in [0.4, 0.5) is 0 Å². The summed E-state index contributed by atoms with van der Waals surface area (Å²) in [5.41, 5.74) is 2.43. The van der Waals surface area contributed by atoms with Gasteiger partial charge in [-0.2, -0.15) is 0 Å². The summed E-state index contributed by atoms with van der Waals surface area (Å²) in [5.74, 6) is -3.17. The smallest absolute Gasteiger partial charge is 0.340 e. The first-order chi connectivity index (χ1) is 11.8. The molecule has 1 aromatic heterocycles. The van der Waals surface area contributed by atoms with Crippen LogP contribution in [-0.2, 0) is 9.53 Å². The molecule has 1 heterocycles. The number of carboxylic acid groups (broad SMARTS) is 1. The molecule has 132 valence electrons. The number of carbonyl (C=O) groups is 3. The maximum absolute atomic E-state index is 12.5. The number of aromatic nitrogens is 1. The first kappa shape index (κ1) is 18.4. The molecule has 1 aromatic carbocycles. The van der Waals surface area contributed by atoms with Crippen LogP contribution in [-0.4, -0.2) is 34.4 Å². The summed E-state index contributed by atoms with van der Waals surface area (Å²) in [6.45, 7) is 5.43. The Bertz CT molecular complexity index is 789. The Morgan fingerprint density at radius 1 is 1.16 bits per heavy atom. The van der Waals surface area contributed by atoms with Crippen molar-refractivity contribution in [2.75, 3.05) is 6.61 Å². The van der Waals surface area contributed by atoms with Crippen molar-refractivity contribution in [3.05, 3.63) is 58.4 Å². The third kappa shape index (κ3) is 4.15. The maximum Gasteiger partial charge on any atom is 0.340 e. The molecular weight excluding hydrogens is 322 g/mol. The number of carboxylic acids is 1. The minimum absolute atomic E-state index is 0.183. The highest BCUT2D eigenvalue weighted by Crippen LogP contribution is 2.28. The topological polar surface area (TPSA) is 96.5 Å². The van der Waals surface area contributed by atoms with Gasteiger partial charge in [-0.15, -0.1) is 0 Å². The Morgan fingerprint density at radius 3 is 2.36 bits per heavy atom. The molecular formula is C19H21NO5. The van der Waals surface area contributed by atoms with Crippen molar-refractivity contribution in [3.8, 4) is 0 Å². The van der Waals surface area contributed by atoms with Gasteiger partial charge in [-0.05, 0) is 26.3 Å². The van der Waals surface area contributed by atoms with E-state index < -0.39 is 17.9 Å². The van der Waals surface area contributed by atoms with E-state index in [1.165, 1.54) is 6.20 Å². The number of esters is 1. The highest BCUT2D eigenvalue weighted by Gasteiger charge is 2.30. The quantitative estimate of drug-likeness (QED) is 0.594. The fourth-order valence-electron chi connectivity index (χ4n) is 2.67. The van der Waals surface area contributed by atoms with Gasteiger partial charge in [0.05, 0.1) is 18.1 Å². The van der Waals surface area contributed by atoms with Crippen molar-refractivity contribution in [1.82, 2.24) is 4.98 Å². The fraction of sp³-hybridized carbons (Fsp3) is 0.316. The number of carbonyl (C=O) groups excluding carboxylic acids is 2. The number of hydrogen-bond acceptors (Lipinski definition) is 4. The number of aromatic amines is 1. The van der Waals surface area contributed by atoms with Crippen LogP contribution in [0.2, 0.25) is 0 Å². The van der Waals surface area contributed by atoms with Gasteiger partial charge >= 0.3 is 11.9 Å². The molecule has 2 rings (SSSR count). The first-order valence-electron chi connectivity index (χ1n) is 8.02. The molecule has 2 aromatic rings. The van der Waals surface area contributed by atoms with E-state index in [1.54, 1.807) is 38.1 Å². The summed E-state index contributed by atoms with van der Waals surface area (Å²) < 4.78 is 5.00. The molecule has 6 heteroatoms. The molecule has 2 N–H and O–H groups in total. The van der Waals surface area contributed by atoms with Crippen molar-refractivity contribution < 1.29 is 24.2 Å². The zero-order chi connectivity index (χ0) is 18.6. The lowest BCUT2D eigenvalue weighted by molar-refractivity contribution is -0.138. The Balaban J connectivity index is 2.33. The van der Waals surface area contributed by atoms with Crippen molar-refractivity contribution in [2.45, 2.75) is 33.1 Å². The van der Waals surface area contributed by atoms with Crippen LogP contribution in [0.25, 0.3) is 0 Å². The summed E-state index contributed by atoms with van der Waals surface area (Å²) in [5, 5.41) is 9.59. The van der Waals surface area contributed by atoms with Crippen LogP contribution in [0, 0.1) is 13.8 Å². The number of benzene rings is 1. The van der Waals surface area contributed by atoms with E-state index in [0.29, 0.717) is 11.3 Å². The lowest BCUT2D eigenvalue weighted by atomic mass is 9.90. The molecule has 6 nitrogen and oxygen atoms in total. The predicted molar refractivity (Wildman–Crippen MR) is 92.0 cm³/mol. The summed E-state index contributed by atoms with van der Waals surface area (Å²) in [4.78, 5) is 39.2. The average molecular weight is 343 g/mol. The van der Waals surface area contributed by atoms with Crippen LogP contribution in [0.3, 0.4) is 0 Å². The average Bonchev–Trinajstić information content (AvgIpc) is 2.94. The zero-order valence-electron chi connectivity index (χ0n) is 14.5. The monoisotopic (exact) mass is 343 g/mol. The van der Waals surface area contributed by atoms with Gasteiger partial charge < -0.3 is 14.8 Å². The van der Waals surface area contributed by atoms with E-state index in [9.17, 15) is 19.5 Å². The summed E-state index contributed by atoms with van der Waals surface area (Å²) >= 11 is 0. The van der Waals surface area contributed by atoms with E-state index in [1.807, 2.05) is 6.92 Å². The normalized spacial score (nSPS) is 11.8. The molecule has 0 fully saturated rings. The van der Waals surface area contributed by atoms with Crippen LogP contribution in [0.5, 0.6) is 0 Å². The zero-order valence-corrected chi connectivity index (χ0v) is 14.5. The number of hydrogen-bond donors (Lipinski definition) is 2. The molecule has 0 spiro atoms. The van der Waals surface area contributed by atoms with E-state index in [4.69, 9.17) is 4.74 Å². The predicted octanol–water partition coefficient (Wildman–Crippen LogP) is 3.25. The number of ketones is 1. The second kappa shape index (κ2) is 7.79. The van der Waals surface area contributed by atoms with Crippen LogP contribution >= 0.6 is 0 Å². The first-order valence-corrected chi connectivity index (χ1v) is 8.02. The summed E-state index contributed by atoms with van der Waals surface area (Å²) in [6, 6.07) is 6.94. The van der Waals surface area contributed by atoms with Crippen molar-refractivity contribution >= 4 is 17.7 Å². The standard InChI is InChI=1S/C19H21NO5/c1-4-25-19(24)17-12(3)20-10-15(17)14(18(22)23)9-16(21)13-7-5-11(2)6-8-13/h5-8,10,14,20H,4,9H2,1-3H3,(H,22,23)/t14-/m0/s1. The molecule has 0 radical (unpaired) electrons. The molecule has 0 bridgehead atoms. The van der Waals surface area contributed by atoms with Crippen molar-refractivity contribution in [2.24, 2.45) is 0 Å². The third-order valence-corrected chi connectivity index (χ3v) is 4.02. The molecule has 0 aliphatic heterocycles. The molecule has 25 heavy (non-hydrogen) atoms. The number of aliphatic carboxylic acids is 1. The second-order valence-electron chi connectivity index (χ2n) is 5.85. The third-order valence-electron chi connectivity index (χ3n) is 4.02. The molecule has 1 atom stereocenters. The number of aryl methyl sites for hydroxylation is 2. The van der Waals surface area contributed by atoms with E-state index >= 15 is 0 Å². The van der Waals surface area contributed by atoms with E-state index in [2.05, 4.69) is 4.98 Å². The number of Topliss-reactive ketones (excluding diaryl/α,β-unsaturated/α-hetero) is 1. The Labute approximate surface area is 145 Å². The minimum Gasteiger partial charge on any atom is -0.481 e. The van der Waals surface area contributed by atoms with Crippen molar-refractivity contribution in [1.29, 1.82) is 0 Å². The van der Waals surface area contributed by atoms with Gasteiger partial charge in [0.15, 0.2) is 5.78 Å². The molecule has 0 aliphatic rings. The number of nitrogens with one attached hydrogen (secondary N) is 1. The Morgan fingerprint density at radius 2 is 1.80 bits per heavy atom. The van der Waals surface area contributed by atoms with Gasteiger partial charge in [0.25, 0.3) is 0 Å². The molecule has 0 saturated heterocycles. The SMILES string of the molecule is CCOC(=O)c1c([C@H](CC(=O)c2ccc(C)cc2)C(=O)O)c[nH]c1C. The van der Waals surface area contributed by atoms with Gasteiger partial charge in [-0.25, -0.2) is 4.79 Å². The van der Waals surface area contributed by atoms with Crippen molar-refractivity contribution in [3.63, 3.8) is 0 Å². The Kier molecular flexibility index (Phi) is 5.75. The van der Waals surface area contributed by atoms with Gasteiger partial charge in [-0.3, -0.25) is 9.59 Å². The minimum atomic E-state index is -1.16. The lowest BCUT2D eigenvalue weighted by Crippen LogP contribution is -2.19. The molecule has 0 saturated carbocycles. The number of rotatable bonds is 7. The summed E-state index contributed by atoms with van der Waals surface area (Å²) in [6.07, 6.45) is 1.23. The van der Waals surface area contributed by atoms with Gasteiger partial charge in [-0.1, -0.05) is 29.8 Å². The lowest BCUT2D eigenvalue weighted by Gasteiger charge is -2.13. The van der Waals surface area contributed by atoms with Crippen LogP contribution < -0.4 is 0 Å². The van der Waals surface area contributed by atoms with E-state index in [0.717, 1.165) is 5.56 Å². The number of ether oxygens (including phenoxy) is 1. The van der Waals surface area contributed by atoms with E-state index in [-0.39, 0.29) is 29.9 Å². The second-order valence-corrected chi connectivity index (χ2v) is 5.85. The fourth-order valence-corrected chi connectivity index (χ4v) is 2.67. The molecule has 0 amide bonds. The summed E-state index contributed by atoms with van der Waals surface area (Å²) in [7, 11) is 0. The highest BCUT2D eigenvalue weighted by molar-refractivity contribution is 6.00. The Hall–Kier alpha value is -2.89. The maximum atomic E-state index is 12.5. The van der Waals surface area contributed by atoms with Gasteiger partial charge in [0.2, 0.25) is 0 Å². The van der Waals surface area contributed by atoms with Gasteiger partial charge in [0, 0.05) is 23.9 Å². The molecule has 0 unspecified atom stereocenters. The van der Waals surface area contributed by atoms with Crippen LogP contribution in [0.1, 0.15) is 56.8 Å². The highest BCUT2D eigenvalue weighted by atomic mass is 16.5. The van der Waals surface area contributed by atoms with Crippen LogP contribution in [0.15, 0.2) is 30.5 Å². The van der Waals surface area contributed by atoms with Gasteiger partial charge in [0.1, 0.15) is 0 Å².